The van der Waals surface area contributed by atoms with E-state index >= 15 is 0 Å². The summed E-state index contributed by atoms with van der Waals surface area (Å²) in [5, 5.41) is 22.1. The Morgan fingerprint density at radius 3 is 2.00 bits per heavy atom. The number of nitrogens with zero attached hydrogens (tertiary/aromatic N) is 3. The molecule has 0 aliphatic rings. The van der Waals surface area contributed by atoms with Crippen LogP contribution in [0.1, 0.15) is 11.4 Å². The molecule has 0 radical (unpaired) electrons. The standard InChI is InChI=1S/C19H21N5O5/c25-17(26)11-22-19(29)23-16(18(27)28)7-10-24(12-14-5-1-3-8-20-14)13-15-6-2-4-9-21-15/h1-9H,10-13H2,(H,25,26)(H,27,28)(H2,22,23,29)/b16-7+. The number of hydrogen-bond donors (Lipinski definition) is 4. The van der Waals surface area contributed by atoms with E-state index in [2.05, 4.69) is 15.3 Å². The summed E-state index contributed by atoms with van der Waals surface area (Å²) < 4.78 is 0. The van der Waals surface area contributed by atoms with Gasteiger partial charge in [-0.3, -0.25) is 19.7 Å². The van der Waals surface area contributed by atoms with E-state index in [-0.39, 0.29) is 12.2 Å². The summed E-state index contributed by atoms with van der Waals surface area (Å²) in [6.07, 6.45) is 4.68. The average molecular weight is 399 g/mol. The normalized spacial score (nSPS) is 11.1. The number of hydrogen-bond acceptors (Lipinski definition) is 6. The van der Waals surface area contributed by atoms with Crippen LogP contribution in [-0.4, -0.2) is 56.1 Å². The Kier molecular flexibility index (Phi) is 8.27. The van der Waals surface area contributed by atoms with Crippen LogP contribution < -0.4 is 10.6 Å². The Morgan fingerprint density at radius 1 is 0.966 bits per heavy atom. The predicted molar refractivity (Wildman–Crippen MR) is 102 cm³/mol. The second-order valence-corrected chi connectivity index (χ2v) is 5.94. The van der Waals surface area contributed by atoms with Crippen LogP contribution in [0.3, 0.4) is 0 Å². The summed E-state index contributed by atoms with van der Waals surface area (Å²) in [5.41, 5.74) is 1.22. The number of rotatable bonds is 10. The molecular weight excluding hydrogens is 378 g/mol. The summed E-state index contributed by atoms with van der Waals surface area (Å²) in [4.78, 5) is 44.1. The molecule has 0 aromatic carbocycles. The molecule has 0 aliphatic heterocycles. The zero-order valence-electron chi connectivity index (χ0n) is 15.5. The van der Waals surface area contributed by atoms with Crippen molar-refractivity contribution in [1.29, 1.82) is 0 Å². The molecule has 2 aromatic heterocycles. The maximum absolute atomic E-state index is 11.7. The van der Waals surface area contributed by atoms with E-state index in [1.807, 2.05) is 34.5 Å². The molecule has 2 amide bonds. The van der Waals surface area contributed by atoms with Gasteiger partial charge < -0.3 is 20.8 Å². The first-order valence-electron chi connectivity index (χ1n) is 8.66. The Hall–Kier alpha value is -3.79. The molecule has 2 aromatic rings. The maximum Gasteiger partial charge on any atom is 0.352 e. The van der Waals surface area contributed by atoms with Crippen molar-refractivity contribution in [3.63, 3.8) is 0 Å². The lowest BCUT2D eigenvalue weighted by Gasteiger charge is -2.20. The second-order valence-electron chi connectivity index (χ2n) is 5.94. The topological polar surface area (TPSA) is 145 Å². The van der Waals surface area contributed by atoms with Gasteiger partial charge >= 0.3 is 18.0 Å². The van der Waals surface area contributed by atoms with Crippen molar-refractivity contribution in [2.24, 2.45) is 0 Å². The van der Waals surface area contributed by atoms with Gasteiger partial charge in [0.15, 0.2) is 0 Å². The number of urea groups is 1. The van der Waals surface area contributed by atoms with Crippen LogP contribution >= 0.6 is 0 Å². The Bertz CT molecular complexity index is 816. The fourth-order valence-electron chi connectivity index (χ4n) is 2.36. The van der Waals surface area contributed by atoms with Gasteiger partial charge in [-0.15, -0.1) is 0 Å². The van der Waals surface area contributed by atoms with Gasteiger partial charge in [-0.1, -0.05) is 12.1 Å². The lowest BCUT2D eigenvalue weighted by molar-refractivity contribution is -0.135. The molecule has 0 saturated heterocycles. The van der Waals surface area contributed by atoms with Crippen molar-refractivity contribution in [3.05, 3.63) is 72.0 Å². The van der Waals surface area contributed by atoms with Gasteiger partial charge in [-0.2, -0.15) is 0 Å². The summed E-state index contributed by atoms with van der Waals surface area (Å²) in [7, 11) is 0. The molecule has 0 bridgehead atoms. The first kappa shape index (κ1) is 21.5. The molecule has 2 rings (SSSR count). The highest BCUT2D eigenvalue weighted by Gasteiger charge is 2.14. The van der Waals surface area contributed by atoms with E-state index in [0.29, 0.717) is 13.1 Å². The first-order chi connectivity index (χ1) is 13.9. The third-order valence-electron chi connectivity index (χ3n) is 3.66. The molecule has 0 unspecified atom stereocenters. The Balaban J connectivity index is 2.10. The number of carbonyl (C=O) groups is 3. The zero-order valence-corrected chi connectivity index (χ0v) is 15.5. The number of nitrogens with one attached hydrogen (secondary N) is 2. The van der Waals surface area contributed by atoms with E-state index in [0.717, 1.165) is 11.4 Å². The molecule has 10 nitrogen and oxygen atoms in total. The second kappa shape index (κ2) is 11.1. The minimum atomic E-state index is -1.34. The van der Waals surface area contributed by atoms with Crippen LogP contribution in [0.4, 0.5) is 4.79 Å². The molecule has 0 spiro atoms. The molecule has 0 fully saturated rings. The fraction of sp³-hybridized carbons (Fsp3) is 0.211. The van der Waals surface area contributed by atoms with Gasteiger partial charge in [-0.05, 0) is 30.3 Å². The van der Waals surface area contributed by atoms with E-state index < -0.39 is 24.5 Å². The molecule has 2 heterocycles. The number of carboxylic acid groups (broad SMARTS) is 2. The van der Waals surface area contributed by atoms with Crippen molar-refractivity contribution in [3.8, 4) is 0 Å². The summed E-state index contributed by atoms with van der Waals surface area (Å²) in [6.45, 7) is 0.441. The van der Waals surface area contributed by atoms with Crippen LogP contribution in [0, 0.1) is 0 Å². The quantitative estimate of drug-likeness (QED) is 0.430. The molecular formula is C19H21N5O5. The van der Waals surface area contributed by atoms with Crippen molar-refractivity contribution in [2.45, 2.75) is 13.1 Å². The van der Waals surface area contributed by atoms with Crippen LogP contribution in [0.2, 0.25) is 0 Å². The Labute approximate surface area is 166 Å². The van der Waals surface area contributed by atoms with E-state index in [4.69, 9.17) is 5.11 Å². The smallest absolute Gasteiger partial charge is 0.352 e. The van der Waals surface area contributed by atoms with Gasteiger partial charge in [0, 0.05) is 32.0 Å². The molecule has 10 heteroatoms. The van der Waals surface area contributed by atoms with Crippen LogP contribution in [0.5, 0.6) is 0 Å². The lowest BCUT2D eigenvalue weighted by atomic mass is 10.2. The van der Waals surface area contributed by atoms with E-state index in [1.54, 1.807) is 24.5 Å². The van der Waals surface area contributed by atoms with Crippen LogP contribution in [-0.2, 0) is 22.7 Å². The van der Waals surface area contributed by atoms with Gasteiger partial charge in [0.25, 0.3) is 0 Å². The summed E-state index contributed by atoms with van der Waals surface area (Å²) >= 11 is 0. The number of pyridine rings is 2. The third-order valence-corrected chi connectivity index (χ3v) is 3.66. The van der Waals surface area contributed by atoms with Crippen molar-refractivity contribution < 1.29 is 24.6 Å². The maximum atomic E-state index is 11.7. The average Bonchev–Trinajstić information content (AvgIpc) is 2.70. The SMILES string of the molecule is O=C(O)CNC(=O)N/C(=C/CN(Cc1ccccn1)Cc1ccccn1)C(=O)O. The summed E-state index contributed by atoms with van der Waals surface area (Å²) in [5.74, 6) is -2.58. The predicted octanol–water partition coefficient (Wildman–Crippen LogP) is 0.831. The molecule has 29 heavy (non-hydrogen) atoms. The molecule has 0 saturated carbocycles. The van der Waals surface area contributed by atoms with Crippen molar-refractivity contribution in [2.75, 3.05) is 13.1 Å². The van der Waals surface area contributed by atoms with E-state index in [1.165, 1.54) is 6.08 Å². The number of amides is 2. The van der Waals surface area contributed by atoms with Crippen molar-refractivity contribution in [1.82, 2.24) is 25.5 Å². The van der Waals surface area contributed by atoms with Gasteiger partial charge in [0.2, 0.25) is 0 Å². The summed E-state index contributed by atoms with van der Waals surface area (Å²) in [6, 6.07) is 10.1. The number of aromatic nitrogens is 2. The Morgan fingerprint density at radius 2 is 1.55 bits per heavy atom. The highest BCUT2D eigenvalue weighted by atomic mass is 16.4. The molecule has 0 atom stereocenters. The minimum absolute atomic E-state index is 0.188. The van der Waals surface area contributed by atoms with Crippen LogP contribution in [0.15, 0.2) is 60.6 Å². The lowest BCUT2D eigenvalue weighted by Crippen LogP contribution is -2.40. The van der Waals surface area contributed by atoms with Gasteiger partial charge in [0.1, 0.15) is 12.2 Å². The number of carbonyl (C=O) groups excluding carboxylic acids is 1. The number of carboxylic acids is 2. The van der Waals surface area contributed by atoms with Gasteiger partial charge in [-0.25, -0.2) is 9.59 Å². The molecule has 4 N–H and O–H groups in total. The van der Waals surface area contributed by atoms with Crippen molar-refractivity contribution >= 4 is 18.0 Å². The largest absolute Gasteiger partial charge is 0.480 e. The number of aliphatic carboxylic acids is 2. The van der Waals surface area contributed by atoms with Crippen LogP contribution in [0.25, 0.3) is 0 Å². The fourth-order valence-corrected chi connectivity index (χ4v) is 2.36. The third kappa shape index (κ3) is 8.18. The van der Waals surface area contributed by atoms with E-state index in [9.17, 15) is 19.5 Å². The monoisotopic (exact) mass is 399 g/mol. The highest BCUT2D eigenvalue weighted by Crippen LogP contribution is 2.07. The minimum Gasteiger partial charge on any atom is -0.480 e. The van der Waals surface area contributed by atoms with Gasteiger partial charge in [0.05, 0.1) is 11.4 Å². The first-order valence-corrected chi connectivity index (χ1v) is 8.66. The zero-order chi connectivity index (χ0) is 21.1. The highest BCUT2D eigenvalue weighted by molar-refractivity contribution is 5.92. The molecule has 0 aliphatic carbocycles. The molecule has 152 valence electrons.